The van der Waals surface area contributed by atoms with Crippen molar-refractivity contribution in [2.24, 2.45) is 0 Å². The van der Waals surface area contributed by atoms with E-state index in [-0.39, 0.29) is 16.7 Å². The van der Waals surface area contributed by atoms with Crippen LogP contribution in [0.15, 0.2) is 23.1 Å². The summed E-state index contributed by atoms with van der Waals surface area (Å²) in [5, 5.41) is 2.75. The molecule has 1 N–H and O–H groups in total. The van der Waals surface area contributed by atoms with E-state index < -0.39 is 10.0 Å². The van der Waals surface area contributed by atoms with E-state index >= 15 is 0 Å². The van der Waals surface area contributed by atoms with Crippen molar-refractivity contribution in [3.63, 3.8) is 0 Å². The fraction of sp³-hybridized carbons (Fsp3) is 0.462. The number of nitrogens with one attached hydrogen (secondary N) is 1. The Morgan fingerprint density at radius 1 is 1.26 bits per heavy atom. The van der Waals surface area contributed by atoms with E-state index in [9.17, 15) is 13.2 Å². The van der Waals surface area contributed by atoms with Crippen LogP contribution < -0.4 is 5.32 Å². The quantitative estimate of drug-likeness (QED) is 0.893. The maximum Gasteiger partial charge on any atom is 0.243 e. The molecule has 3 rings (SSSR count). The van der Waals surface area contributed by atoms with Crippen molar-refractivity contribution in [2.75, 3.05) is 18.4 Å². The Balaban J connectivity index is 2.01. The van der Waals surface area contributed by atoms with Crippen LogP contribution in [0.2, 0.25) is 0 Å². The molecule has 5 nitrogen and oxygen atoms in total. The topological polar surface area (TPSA) is 66.5 Å². The van der Waals surface area contributed by atoms with Crippen molar-refractivity contribution in [2.45, 2.75) is 30.6 Å². The van der Waals surface area contributed by atoms with Gasteiger partial charge < -0.3 is 5.32 Å². The molecule has 1 fully saturated rings. The monoisotopic (exact) mass is 280 g/mol. The van der Waals surface area contributed by atoms with E-state index in [4.69, 9.17) is 0 Å². The Morgan fingerprint density at radius 3 is 2.63 bits per heavy atom. The van der Waals surface area contributed by atoms with Gasteiger partial charge in [0.15, 0.2) is 0 Å². The summed E-state index contributed by atoms with van der Waals surface area (Å²) in [6, 6.07) is 4.88. The third-order valence-corrected chi connectivity index (χ3v) is 5.74. The number of amides is 1. The SMILES string of the molecule is C[C@H]1C(=O)Nc2ccc(S(=O)(=O)N3CCCC3)cc21. The first-order chi connectivity index (χ1) is 9.00. The molecular formula is C13H16N2O3S. The first-order valence-corrected chi connectivity index (χ1v) is 7.89. The average molecular weight is 280 g/mol. The number of nitrogens with zero attached hydrogens (tertiary/aromatic N) is 1. The van der Waals surface area contributed by atoms with Gasteiger partial charge in [-0.25, -0.2) is 8.42 Å². The van der Waals surface area contributed by atoms with Crippen LogP contribution in [0.3, 0.4) is 0 Å². The number of rotatable bonds is 2. The molecule has 6 heteroatoms. The van der Waals surface area contributed by atoms with E-state index in [0.717, 1.165) is 24.1 Å². The number of hydrogen-bond donors (Lipinski definition) is 1. The third-order valence-electron chi connectivity index (χ3n) is 3.84. The molecule has 0 unspecified atom stereocenters. The number of sulfonamides is 1. The van der Waals surface area contributed by atoms with Crippen LogP contribution in [-0.4, -0.2) is 31.7 Å². The second-order valence-electron chi connectivity index (χ2n) is 5.07. The summed E-state index contributed by atoms with van der Waals surface area (Å²) in [5.41, 5.74) is 1.49. The van der Waals surface area contributed by atoms with Gasteiger partial charge in [0.2, 0.25) is 15.9 Å². The van der Waals surface area contributed by atoms with E-state index in [1.54, 1.807) is 25.1 Å². The molecule has 0 radical (unpaired) electrons. The summed E-state index contributed by atoms with van der Waals surface area (Å²) >= 11 is 0. The molecule has 0 aromatic heterocycles. The van der Waals surface area contributed by atoms with Crippen LogP contribution in [0.5, 0.6) is 0 Å². The van der Waals surface area contributed by atoms with Crippen molar-refractivity contribution >= 4 is 21.6 Å². The van der Waals surface area contributed by atoms with E-state index in [0.29, 0.717) is 13.1 Å². The minimum Gasteiger partial charge on any atom is -0.325 e. The van der Waals surface area contributed by atoms with Gasteiger partial charge in [0.1, 0.15) is 0 Å². The predicted molar refractivity (Wildman–Crippen MR) is 71.5 cm³/mol. The first-order valence-electron chi connectivity index (χ1n) is 6.45. The lowest BCUT2D eigenvalue weighted by Crippen LogP contribution is -2.27. The number of carbonyl (C=O) groups is 1. The molecule has 2 aliphatic rings. The number of benzene rings is 1. The molecule has 2 heterocycles. The Labute approximate surface area is 112 Å². The van der Waals surface area contributed by atoms with Crippen LogP contribution >= 0.6 is 0 Å². The molecule has 1 saturated heterocycles. The lowest BCUT2D eigenvalue weighted by molar-refractivity contribution is -0.116. The highest BCUT2D eigenvalue weighted by atomic mass is 32.2. The summed E-state index contributed by atoms with van der Waals surface area (Å²) in [4.78, 5) is 11.9. The standard InChI is InChI=1S/C13H16N2O3S/c1-9-11-8-10(4-5-12(11)14-13(9)16)19(17,18)15-6-2-3-7-15/h4-5,8-9H,2-3,6-7H2,1H3,(H,14,16)/t9-/m1/s1. The normalized spacial score (nSPS) is 23.4. The molecule has 0 bridgehead atoms. The molecule has 0 spiro atoms. The predicted octanol–water partition coefficient (Wildman–Crippen LogP) is 1.53. The largest absolute Gasteiger partial charge is 0.325 e. The zero-order valence-corrected chi connectivity index (χ0v) is 11.5. The van der Waals surface area contributed by atoms with E-state index in [1.165, 1.54) is 4.31 Å². The Morgan fingerprint density at radius 2 is 1.95 bits per heavy atom. The molecule has 19 heavy (non-hydrogen) atoms. The van der Waals surface area contributed by atoms with Crippen molar-refractivity contribution in [1.29, 1.82) is 0 Å². The highest BCUT2D eigenvalue weighted by Crippen LogP contribution is 2.34. The number of hydrogen-bond acceptors (Lipinski definition) is 3. The number of anilines is 1. The van der Waals surface area contributed by atoms with Crippen molar-refractivity contribution in [3.8, 4) is 0 Å². The van der Waals surface area contributed by atoms with Crippen LogP contribution in [0.4, 0.5) is 5.69 Å². The van der Waals surface area contributed by atoms with Crippen molar-refractivity contribution in [1.82, 2.24) is 4.31 Å². The Kier molecular flexibility index (Phi) is 2.87. The zero-order chi connectivity index (χ0) is 13.6. The smallest absolute Gasteiger partial charge is 0.243 e. The third kappa shape index (κ3) is 1.95. The fourth-order valence-electron chi connectivity index (χ4n) is 2.63. The molecule has 102 valence electrons. The summed E-state index contributed by atoms with van der Waals surface area (Å²) in [6.07, 6.45) is 1.83. The minimum atomic E-state index is -3.41. The Hall–Kier alpha value is -1.40. The summed E-state index contributed by atoms with van der Waals surface area (Å²) in [6.45, 7) is 2.96. The first kappa shape index (κ1) is 12.6. The van der Waals surface area contributed by atoms with Gasteiger partial charge in [-0.3, -0.25) is 4.79 Å². The minimum absolute atomic E-state index is 0.0780. The molecule has 1 aromatic rings. The van der Waals surface area contributed by atoms with Crippen LogP contribution in [-0.2, 0) is 14.8 Å². The lowest BCUT2D eigenvalue weighted by atomic mass is 10.0. The lowest BCUT2D eigenvalue weighted by Gasteiger charge is -2.16. The molecule has 1 atom stereocenters. The number of carbonyl (C=O) groups excluding carboxylic acids is 1. The van der Waals surface area contributed by atoms with Gasteiger partial charge in [-0.2, -0.15) is 4.31 Å². The summed E-state index contributed by atoms with van der Waals surface area (Å²) in [7, 11) is -3.41. The number of fused-ring (bicyclic) bond motifs is 1. The van der Waals surface area contributed by atoms with Gasteiger partial charge in [0.25, 0.3) is 0 Å². The highest BCUT2D eigenvalue weighted by Gasteiger charge is 2.31. The highest BCUT2D eigenvalue weighted by molar-refractivity contribution is 7.89. The van der Waals surface area contributed by atoms with Crippen molar-refractivity contribution in [3.05, 3.63) is 23.8 Å². The molecular weight excluding hydrogens is 264 g/mol. The van der Waals surface area contributed by atoms with E-state index in [2.05, 4.69) is 5.32 Å². The maximum atomic E-state index is 12.4. The van der Waals surface area contributed by atoms with Gasteiger partial charge in [-0.1, -0.05) is 0 Å². The van der Waals surface area contributed by atoms with Gasteiger partial charge in [-0.05, 0) is 43.5 Å². The summed E-state index contributed by atoms with van der Waals surface area (Å²) in [5.74, 6) is -0.366. The molecule has 0 aliphatic carbocycles. The molecule has 0 saturated carbocycles. The second-order valence-corrected chi connectivity index (χ2v) is 7.01. The van der Waals surface area contributed by atoms with Crippen LogP contribution in [0.25, 0.3) is 0 Å². The fourth-order valence-corrected chi connectivity index (χ4v) is 4.19. The van der Waals surface area contributed by atoms with Crippen LogP contribution in [0, 0.1) is 0 Å². The molecule has 1 aromatic carbocycles. The molecule has 1 amide bonds. The zero-order valence-electron chi connectivity index (χ0n) is 10.7. The average Bonchev–Trinajstić information content (AvgIpc) is 3.00. The van der Waals surface area contributed by atoms with Gasteiger partial charge in [0.05, 0.1) is 10.8 Å². The van der Waals surface area contributed by atoms with Crippen molar-refractivity contribution < 1.29 is 13.2 Å². The molecule has 2 aliphatic heterocycles. The maximum absolute atomic E-state index is 12.4. The van der Waals surface area contributed by atoms with Gasteiger partial charge >= 0.3 is 0 Å². The van der Waals surface area contributed by atoms with E-state index in [1.807, 2.05) is 0 Å². The van der Waals surface area contributed by atoms with Gasteiger partial charge in [0, 0.05) is 18.8 Å². The van der Waals surface area contributed by atoms with Gasteiger partial charge in [-0.15, -0.1) is 0 Å². The Bertz CT molecular complexity index is 633. The summed E-state index contributed by atoms with van der Waals surface area (Å²) < 4.78 is 26.4. The second kappa shape index (κ2) is 4.31. The van der Waals surface area contributed by atoms with Crippen LogP contribution in [0.1, 0.15) is 31.2 Å².